The van der Waals surface area contributed by atoms with Gasteiger partial charge in [0.2, 0.25) is 0 Å². The maximum atomic E-state index is 11.1. The van der Waals surface area contributed by atoms with Crippen LogP contribution < -0.4 is 4.74 Å². The van der Waals surface area contributed by atoms with Gasteiger partial charge in [0.1, 0.15) is 5.75 Å². The van der Waals surface area contributed by atoms with Crippen LogP contribution in [0.3, 0.4) is 0 Å². The first-order valence-corrected chi connectivity index (χ1v) is 5.57. The fraction of sp³-hybridized carbons (Fsp3) is 0.333. The van der Waals surface area contributed by atoms with Crippen LogP contribution in [0, 0.1) is 0 Å². The van der Waals surface area contributed by atoms with Gasteiger partial charge < -0.3 is 14.6 Å². The van der Waals surface area contributed by atoms with Crippen LogP contribution in [0.2, 0.25) is 0 Å². The van der Waals surface area contributed by atoms with Gasteiger partial charge in [0.05, 0.1) is 12.5 Å². The maximum absolute atomic E-state index is 11.1. The Hall–Kier alpha value is -1.59. The van der Waals surface area contributed by atoms with Gasteiger partial charge in [-0.2, -0.15) is 0 Å². The molecule has 1 aromatic carbocycles. The fourth-order valence-corrected chi connectivity index (χ4v) is 1.56. The molecule has 5 nitrogen and oxygen atoms in total. The van der Waals surface area contributed by atoms with E-state index < -0.39 is 23.4 Å². The highest BCUT2D eigenvalue weighted by atomic mass is 35.5. The third kappa shape index (κ3) is 3.72. The lowest BCUT2D eigenvalue weighted by atomic mass is 10.1. The Labute approximate surface area is 109 Å². The van der Waals surface area contributed by atoms with E-state index in [-0.39, 0.29) is 0 Å². The van der Waals surface area contributed by atoms with E-state index in [1.165, 1.54) is 26.2 Å². The summed E-state index contributed by atoms with van der Waals surface area (Å²) in [7, 11) is 1.17. The maximum Gasteiger partial charge on any atom is 0.336 e. The van der Waals surface area contributed by atoms with Gasteiger partial charge in [-0.05, 0) is 17.7 Å². The molecule has 0 radical (unpaired) electrons. The smallest absolute Gasteiger partial charge is 0.336 e. The molecule has 0 bridgehead atoms. The van der Waals surface area contributed by atoms with E-state index in [0.717, 1.165) is 0 Å². The molecule has 0 aliphatic heterocycles. The van der Waals surface area contributed by atoms with Crippen LogP contribution in [0.4, 0.5) is 0 Å². The lowest BCUT2D eigenvalue weighted by molar-refractivity contribution is -0.150. The van der Waals surface area contributed by atoms with E-state index in [2.05, 4.69) is 4.74 Å². The SMILES string of the molecule is COC(=O)[C@H](O)[C@H](Cl)c1ccc(OC(C)=O)cc1. The third-order valence-electron chi connectivity index (χ3n) is 2.18. The van der Waals surface area contributed by atoms with Crippen LogP contribution in [-0.2, 0) is 14.3 Å². The lowest BCUT2D eigenvalue weighted by Crippen LogP contribution is -2.26. The normalized spacial score (nSPS) is 13.6. The monoisotopic (exact) mass is 272 g/mol. The van der Waals surface area contributed by atoms with Crippen molar-refractivity contribution in [2.45, 2.75) is 18.4 Å². The first-order valence-electron chi connectivity index (χ1n) is 5.14. The molecule has 0 aliphatic rings. The van der Waals surface area contributed by atoms with Crippen LogP contribution in [-0.4, -0.2) is 30.3 Å². The molecule has 0 aliphatic carbocycles. The Morgan fingerprint density at radius 1 is 1.28 bits per heavy atom. The Balaban J connectivity index is 2.78. The van der Waals surface area contributed by atoms with Gasteiger partial charge in [0.15, 0.2) is 6.10 Å². The van der Waals surface area contributed by atoms with E-state index in [1.807, 2.05) is 0 Å². The number of methoxy groups -OCH3 is 1. The van der Waals surface area contributed by atoms with Crippen molar-refractivity contribution in [1.82, 2.24) is 0 Å². The summed E-state index contributed by atoms with van der Waals surface area (Å²) < 4.78 is 9.23. The van der Waals surface area contributed by atoms with E-state index in [0.29, 0.717) is 11.3 Å². The van der Waals surface area contributed by atoms with Crippen molar-refractivity contribution < 1.29 is 24.2 Å². The number of hydrogen-bond donors (Lipinski definition) is 1. The van der Waals surface area contributed by atoms with Gasteiger partial charge in [0, 0.05) is 6.92 Å². The first kappa shape index (κ1) is 14.5. The van der Waals surface area contributed by atoms with E-state index in [9.17, 15) is 14.7 Å². The molecule has 0 fully saturated rings. The predicted octanol–water partition coefficient (Wildman–Crippen LogP) is 1.43. The molecule has 2 atom stereocenters. The quantitative estimate of drug-likeness (QED) is 0.510. The Morgan fingerprint density at radius 3 is 2.28 bits per heavy atom. The molecule has 1 N–H and O–H groups in total. The summed E-state index contributed by atoms with van der Waals surface area (Å²) >= 11 is 5.93. The van der Waals surface area contributed by atoms with Crippen LogP contribution in [0.5, 0.6) is 5.75 Å². The van der Waals surface area contributed by atoms with Crippen LogP contribution in [0.25, 0.3) is 0 Å². The van der Waals surface area contributed by atoms with Crippen molar-refractivity contribution in [3.8, 4) is 5.75 Å². The number of carbonyl (C=O) groups is 2. The van der Waals surface area contributed by atoms with Crippen molar-refractivity contribution in [2.24, 2.45) is 0 Å². The Bertz CT molecular complexity index is 429. The molecule has 6 heteroatoms. The number of halogens is 1. The largest absolute Gasteiger partial charge is 0.467 e. The molecule has 0 amide bonds. The van der Waals surface area contributed by atoms with Gasteiger partial charge in [-0.25, -0.2) is 4.79 Å². The van der Waals surface area contributed by atoms with Gasteiger partial charge in [-0.1, -0.05) is 12.1 Å². The summed E-state index contributed by atoms with van der Waals surface area (Å²) in [6.45, 7) is 1.29. The summed E-state index contributed by atoms with van der Waals surface area (Å²) in [5, 5.41) is 8.64. The molecular formula is C12H13ClO5. The molecule has 1 aromatic rings. The van der Waals surface area contributed by atoms with Crippen molar-refractivity contribution in [2.75, 3.05) is 7.11 Å². The van der Waals surface area contributed by atoms with Gasteiger partial charge >= 0.3 is 11.9 Å². The van der Waals surface area contributed by atoms with Crippen molar-refractivity contribution in [3.05, 3.63) is 29.8 Å². The van der Waals surface area contributed by atoms with Gasteiger partial charge in [-0.15, -0.1) is 11.6 Å². The third-order valence-corrected chi connectivity index (χ3v) is 2.67. The Kier molecular flexibility index (Phi) is 5.12. The summed E-state index contributed by atoms with van der Waals surface area (Å²) in [6, 6.07) is 6.16. The van der Waals surface area contributed by atoms with Crippen molar-refractivity contribution in [3.63, 3.8) is 0 Å². The molecule has 0 saturated heterocycles. The number of ether oxygens (including phenoxy) is 2. The highest BCUT2D eigenvalue weighted by Gasteiger charge is 2.26. The number of hydrogen-bond acceptors (Lipinski definition) is 5. The standard InChI is InChI=1S/C12H13ClO5/c1-7(14)18-9-5-3-8(4-6-9)10(13)11(15)12(16)17-2/h3-6,10-11,15H,1-2H3/t10-,11-/m1/s1. The summed E-state index contributed by atoms with van der Waals surface area (Å²) in [4.78, 5) is 21.8. The number of aliphatic hydroxyl groups excluding tert-OH is 1. The second kappa shape index (κ2) is 6.37. The van der Waals surface area contributed by atoms with Crippen LogP contribution >= 0.6 is 11.6 Å². The number of aliphatic hydroxyl groups is 1. The van der Waals surface area contributed by atoms with E-state index in [4.69, 9.17) is 16.3 Å². The molecular weight excluding hydrogens is 260 g/mol. The zero-order chi connectivity index (χ0) is 13.7. The van der Waals surface area contributed by atoms with Crippen LogP contribution in [0.1, 0.15) is 17.9 Å². The number of carbonyl (C=O) groups excluding carboxylic acids is 2. The summed E-state index contributed by atoms with van der Waals surface area (Å²) in [5.41, 5.74) is 0.519. The van der Waals surface area contributed by atoms with Crippen molar-refractivity contribution >= 4 is 23.5 Å². The summed E-state index contributed by atoms with van der Waals surface area (Å²) in [6.07, 6.45) is -1.45. The number of esters is 2. The second-order valence-corrected chi connectivity index (χ2v) is 4.00. The minimum Gasteiger partial charge on any atom is -0.467 e. The molecule has 1 rings (SSSR count). The Morgan fingerprint density at radius 2 is 1.83 bits per heavy atom. The fourth-order valence-electron chi connectivity index (χ4n) is 1.31. The molecule has 98 valence electrons. The lowest BCUT2D eigenvalue weighted by Gasteiger charge is -2.15. The molecule has 0 unspecified atom stereocenters. The van der Waals surface area contributed by atoms with Gasteiger partial charge in [0.25, 0.3) is 0 Å². The van der Waals surface area contributed by atoms with Crippen LogP contribution in [0.15, 0.2) is 24.3 Å². The molecule has 0 heterocycles. The van der Waals surface area contributed by atoms with Gasteiger partial charge in [-0.3, -0.25) is 4.79 Å². The molecule has 0 saturated carbocycles. The molecule has 18 heavy (non-hydrogen) atoms. The first-order chi connectivity index (χ1) is 8.45. The zero-order valence-corrected chi connectivity index (χ0v) is 10.7. The highest BCUT2D eigenvalue weighted by molar-refractivity contribution is 6.22. The number of alkyl halides is 1. The summed E-state index contributed by atoms with van der Waals surface area (Å²) in [5.74, 6) is -0.874. The predicted molar refractivity (Wildman–Crippen MR) is 64.4 cm³/mol. The number of rotatable bonds is 4. The minimum atomic E-state index is -1.45. The number of benzene rings is 1. The topological polar surface area (TPSA) is 72.8 Å². The van der Waals surface area contributed by atoms with E-state index >= 15 is 0 Å². The molecule has 0 aromatic heterocycles. The molecule has 0 spiro atoms. The average Bonchev–Trinajstić information content (AvgIpc) is 2.36. The zero-order valence-electron chi connectivity index (χ0n) is 9.92. The second-order valence-electron chi connectivity index (χ2n) is 3.53. The van der Waals surface area contributed by atoms with E-state index in [1.54, 1.807) is 12.1 Å². The average molecular weight is 273 g/mol. The highest BCUT2D eigenvalue weighted by Crippen LogP contribution is 2.26. The van der Waals surface area contributed by atoms with Crippen molar-refractivity contribution in [1.29, 1.82) is 0 Å². The minimum absolute atomic E-state index is 0.364.